The summed E-state index contributed by atoms with van der Waals surface area (Å²) in [6, 6.07) is 0. The van der Waals surface area contributed by atoms with Crippen molar-refractivity contribution < 1.29 is 14.3 Å². The number of carbonyl (C=O) groups is 1. The average molecular weight is 255 g/mol. The summed E-state index contributed by atoms with van der Waals surface area (Å²) in [5, 5.41) is 2.73. The van der Waals surface area contributed by atoms with Crippen LogP contribution in [0.15, 0.2) is 0 Å². The summed E-state index contributed by atoms with van der Waals surface area (Å²) in [5.74, 6) is 3.08. The predicted octanol–water partition coefficient (Wildman–Crippen LogP) is 1.60. The van der Waals surface area contributed by atoms with Gasteiger partial charge < -0.3 is 14.8 Å². The number of hydrogen-bond donors (Lipinski definition) is 1. The van der Waals surface area contributed by atoms with Crippen LogP contribution in [-0.2, 0) is 14.3 Å². The van der Waals surface area contributed by atoms with Gasteiger partial charge in [-0.25, -0.2) is 0 Å². The predicted molar refractivity (Wildman–Crippen MR) is 72.2 cm³/mol. The highest BCUT2D eigenvalue weighted by Crippen LogP contribution is 1.98. The molecule has 0 aliphatic rings. The van der Waals surface area contributed by atoms with Crippen LogP contribution >= 0.6 is 0 Å². The Hall–Kier alpha value is -1.05. The Balaban J connectivity index is 3.12. The van der Waals surface area contributed by atoms with E-state index >= 15 is 0 Å². The van der Waals surface area contributed by atoms with Gasteiger partial charge in [0.2, 0.25) is 5.91 Å². The fraction of sp³-hybridized carbons (Fsp3) is 0.786. The van der Waals surface area contributed by atoms with Crippen LogP contribution < -0.4 is 5.32 Å². The van der Waals surface area contributed by atoms with E-state index in [2.05, 4.69) is 25.1 Å². The molecule has 0 radical (unpaired) electrons. The molecular weight excluding hydrogens is 230 g/mol. The molecule has 0 aliphatic carbocycles. The van der Waals surface area contributed by atoms with Gasteiger partial charge in [0.05, 0.1) is 19.8 Å². The van der Waals surface area contributed by atoms with Gasteiger partial charge in [0.1, 0.15) is 0 Å². The standard InChI is InChI=1S/C14H25NO3/c1-4-5-6-14(16)15-8-10-18-12-11-17-9-7-13(2)3/h1,13H,5-12H2,2-3H3,(H,15,16). The van der Waals surface area contributed by atoms with Crippen molar-refractivity contribution in [1.82, 2.24) is 5.32 Å². The van der Waals surface area contributed by atoms with Crippen LogP contribution in [0.1, 0.15) is 33.1 Å². The van der Waals surface area contributed by atoms with E-state index in [0.29, 0.717) is 45.1 Å². The second-order valence-electron chi connectivity index (χ2n) is 4.46. The zero-order valence-electron chi connectivity index (χ0n) is 11.5. The Kier molecular flexibility index (Phi) is 11.7. The number of terminal acetylenes is 1. The third kappa shape index (κ3) is 13.0. The molecule has 0 saturated heterocycles. The maximum Gasteiger partial charge on any atom is 0.221 e. The molecule has 0 spiro atoms. The Morgan fingerprint density at radius 1 is 1.22 bits per heavy atom. The Bertz CT molecular complexity index is 246. The second-order valence-corrected chi connectivity index (χ2v) is 4.46. The van der Waals surface area contributed by atoms with E-state index in [9.17, 15) is 4.79 Å². The minimum atomic E-state index is -0.0234. The van der Waals surface area contributed by atoms with Crippen LogP contribution in [0.5, 0.6) is 0 Å². The zero-order valence-corrected chi connectivity index (χ0v) is 11.5. The summed E-state index contributed by atoms with van der Waals surface area (Å²) >= 11 is 0. The zero-order chi connectivity index (χ0) is 13.6. The first-order valence-corrected chi connectivity index (χ1v) is 6.52. The topological polar surface area (TPSA) is 47.6 Å². The van der Waals surface area contributed by atoms with Crippen molar-refractivity contribution in [1.29, 1.82) is 0 Å². The highest BCUT2D eigenvalue weighted by atomic mass is 16.5. The summed E-state index contributed by atoms with van der Waals surface area (Å²) in [6.07, 6.45) is 7.00. The van der Waals surface area contributed by atoms with Gasteiger partial charge in [-0.1, -0.05) is 13.8 Å². The van der Waals surface area contributed by atoms with Gasteiger partial charge in [0.15, 0.2) is 0 Å². The van der Waals surface area contributed by atoms with E-state index in [1.165, 1.54) is 0 Å². The molecule has 0 saturated carbocycles. The Morgan fingerprint density at radius 2 is 1.89 bits per heavy atom. The van der Waals surface area contributed by atoms with Crippen molar-refractivity contribution in [3.63, 3.8) is 0 Å². The number of amides is 1. The van der Waals surface area contributed by atoms with Gasteiger partial charge in [0, 0.05) is 26.0 Å². The molecule has 0 heterocycles. The molecule has 0 bridgehead atoms. The van der Waals surface area contributed by atoms with Crippen molar-refractivity contribution in [2.24, 2.45) is 5.92 Å². The van der Waals surface area contributed by atoms with Crippen LogP contribution in [-0.4, -0.2) is 38.9 Å². The van der Waals surface area contributed by atoms with Crippen LogP contribution in [0.4, 0.5) is 0 Å². The lowest BCUT2D eigenvalue weighted by atomic mass is 10.1. The molecule has 0 rings (SSSR count). The lowest BCUT2D eigenvalue weighted by Gasteiger charge is -2.07. The van der Waals surface area contributed by atoms with Crippen LogP contribution in [0.2, 0.25) is 0 Å². The van der Waals surface area contributed by atoms with E-state index < -0.39 is 0 Å². The van der Waals surface area contributed by atoms with Crippen molar-refractivity contribution in [3.05, 3.63) is 0 Å². The summed E-state index contributed by atoms with van der Waals surface area (Å²) in [5.41, 5.74) is 0. The normalized spacial score (nSPS) is 10.3. The molecule has 4 nitrogen and oxygen atoms in total. The minimum Gasteiger partial charge on any atom is -0.379 e. The van der Waals surface area contributed by atoms with Crippen molar-refractivity contribution in [2.45, 2.75) is 33.1 Å². The van der Waals surface area contributed by atoms with Gasteiger partial charge in [-0.3, -0.25) is 4.79 Å². The molecule has 1 amide bonds. The minimum absolute atomic E-state index is 0.0234. The van der Waals surface area contributed by atoms with E-state index in [4.69, 9.17) is 15.9 Å². The van der Waals surface area contributed by atoms with Gasteiger partial charge in [-0.05, 0) is 12.3 Å². The first-order valence-electron chi connectivity index (χ1n) is 6.52. The highest BCUT2D eigenvalue weighted by molar-refractivity contribution is 5.76. The monoisotopic (exact) mass is 255 g/mol. The van der Waals surface area contributed by atoms with Crippen LogP contribution in [0.25, 0.3) is 0 Å². The molecule has 4 heteroatoms. The summed E-state index contributed by atoms with van der Waals surface area (Å²) < 4.78 is 10.7. The van der Waals surface area contributed by atoms with Crippen molar-refractivity contribution in [2.75, 3.05) is 33.0 Å². The van der Waals surface area contributed by atoms with Gasteiger partial charge in [0.25, 0.3) is 0 Å². The second kappa shape index (κ2) is 12.4. The first-order chi connectivity index (χ1) is 8.66. The fourth-order valence-electron chi connectivity index (χ4n) is 1.18. The molecule has 104 valence electrons. The highest BCUT2D eigenvalue weighted by Gasteiger charge is 1.98. The smallest absolute Gasteiger partial charge is 0.221 e. The Morgan fingerprint density at radius 3 is 2.50 bits per heavy atom. The van der Waals surface area contributed by atoms with E-state index in [-0.39, 0.29) is 5.91 Å². The van der Waals surface area contributed by atoms with Gasteiger partial charge in [-0.2, -0.15) is 0 Å². The molecule has 1 N–H and O–H groups in total. The van der Waals surface area contributed by atoms with Crippen molar-refractivity contribution >= 4 is 5.91 Å². The van der Waals surface area contributed by atoms with E-state index in [1.54, 1.807) is 0 Å². The molecular formula is C14H25NO3. The largest absolute Gasteiger partial charge is 0.379 e. The molecule has 0 aromatic rings. The SMILES string of the molecule is C#CCCC(=O)NCCOCCOCCC(C)C. The maximum atomic E-state index is 11.2. The molecule has 0 aliphatic heterocycles. The molecule has 0 unspecified atom stereocenters. The summed E-state index contributed by atoms with van der Waals surface area (Å²) in [6.45, 7) is 7.33. The number of rotatable bonds is 11. The number of carbonyl (C=O) groups excluding carboxylic acids is 1. The van der Waals surface area contributed by atoms with Crippen molar-refractivity contribution in [3.8, 4) is 12.3 Å². The maximum absolute atomic E-state index is 11.2. The quantitative estimate of drug-likeness (QED) is 0.450. The van der Waals surface area contributed by atoms with E-state index in [1.807, 2.05) is 0 Å². The molecule has 0 aromatic carbocycles. The third-order valence-electron chi connectivity index (χ3n) is 2.28. The Labute approximate surface area is 110 Å². The summed E-state index contributed by atoms with van der Waals surface area (Å²) in [4.78, 5) is 11.2. The first kappa shape index (κ1) is 16.9. The van der Waals surface area contributed by atoms with Gasteiger partial charge in [-0.15, -0.1) is 12.3 Å². The molecule has 0 atom stereocenters. The number of ether oxygens (including phenoxy) is 2. The molecule has 0 fully saturated rings. The fourth-order valence-corrected chi connectivity index (χ4v) is 1.18. The van der Waals surface area contributed by atoms with Gasteiger partial charge >= 0.3 is 0 Å². The molecule has 18 heavy (non-hydrogen) atoms. The lowest BCUT2D eigenvalue weighted by Crippen LogP contribution is -2.27. The number of hydrogen-bond acceptors (Lipinski definition) is 3. The van der Waals surface area contributed by atoms with Crippen LogP contribution in [0, 0.1) is 18.3 Å². The molecule has 0 aromatic heterocycles. The number of nitrogens with one attached hydrogen (secondary N) is 1. The van der Waals surface area contributed by atoms with Crippen LogP contribution in [0.3, 0.4) is 0 Å². The van der Waals surface area contributed by atoms with E-state index in [0.717, 1.165) is 13.0 Å². The third-order valence-corrected chi connectivity index (χ3v) is 2.28. The average Bonchev–Trinajstić information content (AvgIpc) is 2.34. The summed E-state index contributed by atoms with van der Waals surface area (Å²) in [7, 11) is 0. The lowest BCUT2D eigenvalue weighted by molar-refractivity contribution is -0.121.